The van der Waals surface area contributed by atoms with Crippen LogP contribution in [0.1, 0.15) is 33.6 Å². The van der Waals surface area contributed by atoms with Crippen LogP contribution in [0.5, 0.6) is 0 Å². The van der Waals surface area contributed by atoms with Crippen LogP contribution < -0.4 is 0 Å². The molecule has 0 radical (unpaired) electrons. The number of Topliss-reactive ketones (excluding diaryl/α,β-unsaturated/α-hetero) is 1. The summed E-state index contributed by atoms with van der Waals surface area (Å²) < 4.78 is 23.5. The lowest BCUT2D eigenvalue weighted by Gasteiger charge is -2.13. The molecule has 2 aliphatic rings. The summed E-state index contributed by atoms with van der Waals surface area (Å²) in [6, 6.07) is 0. The molecule has 25 heavy (non-hydrogen) atoms. The van der Waals surface area contributed by atoms with Crippen LogP contribution in [0.3, 0.4) is 0 Å². The maximum atomic E-state index is 13.7. The van der Waals surface area contributed by atoms with Gasteiger partial charge in [-0.1, -0.05) is 13.8 Å². The first-order valence-corrected chi connectivity index (χ1v) is 7.97. The number of halogens is 1. The standard InChI is InChI=1S/C19H21FO5/c1-6-7-11-10(2)15(9-14(11)21)25-18(23)16-12(19(16,3)4)8-13(20)17(22)24-5/h1,8,12,15-16H,7,9H2,2-5H3/b13-8+/t12-,15-,16-/m0/s1. The summed E-state index contributed by atoms with van der Waals surface area (Å²) in [5.41, 5.74) is 0.649. The van der Waals surface area contributed by atoms with Crippen LogP contribution in [0.2, 0.25) is 0 Å². The van der Waals surface area contributed by atoms with Gasteiger partial charge in [-0.3, -0.25) is 9.59 Å². The molecule has 0 aromatic rings. The van der Waals surface area contributed by atoms with Crippen molar-refractivity contribution in [3.63, 3.8) is 0 Å². The van der Waals surface area contributed by atoms with Crippen LogP contribution in [0.25, 0.3) is 0 Å². The zero-order chi connectivity index (χ0) is 18.9. The second-order valence-corrected chi connectivity index (χ2v) is 6.93. The monoisotopic (exact) mass is 348 g/mol. The highest BCUT2D eigenvalue weighted by Crippen LogP contribution is 2.60. The minimum atomic E-state index is -1.08. The number of rotatable bonds is 5. The maximum Gasteiger partial charge on any atom is 0.366 e. The number of hydrogen-bond acceptors (Lipinski definition) is 5. The van der Waals surface area contributed by atoms with Gasteiger partial charge in [0, 0.05) is 12.0 Å². The van der Waals surface area contributed by atoms with E-state index in [9.17, 15) is 18.8 Å². The lowest BCUT2D eigenvalue weighted by Crippen LogP contribution is -2.20. The van der Waals surface area contributed by atoms with Crippen molar-refractivity contribution in [1.82, 2.24) is 0 Å². The highest BCUT2D eigenvalue weighted by molar-refractivity contribution is 6.00. The van der Waals surface area contributed by atoms with Crippen LogP contribution in [0.15, 0.2) is 23.0 Å². The SMILES string of the molecule is C#CCC1=C(C)[C@@H](OC(=O)[C@@H]2[C@H](/C=C(/F)C(=O)OC)C2(C)C)CC1=O. The average molecular weight is 348 g/mol. The molecule has 2 rings (SSSR count). The van der Waals surface area contributed by atoms with Crippen LogP contribution >= 0.6 is 0 Å². The molecule has 1 saturated carbocycles. The Hall–Kier alpha value is -2.42. The molecule has 3 atom stereocenters. The van der Waals surface area contributed by atoms with E-state index in [1.165, 1.54) is 0 Å². The van der Waals surface area contributed by atoms with E-state index in [0.29, 0.717) is 11.1 Å². The molecule has 0 aromatic carbocycles. The Bertz CT molecular complexity index is 723. The van der Waals surface area contributed by atoms with E-state index >= 15 is 0 Å². The molecule has 6 heteroatoms. The zero-order valence-electron chi connectivity index (χ0n) is 14.7. The molecule has 134 valence electrons. The van der Waals surface area contributed by atoms with E-state index in [0.717, 1.165) is 13.2 Å². The van der Waals surface area contributed by atoms with Crippen molar-refractivity contribution in [3.8, 4) is 12.3 Å². The van der Waals surface area contributed by atoms with Gasteiger partial charge < -0.3 is 9.47 Å². The Morgan fingerprint density at radius 1 is 1.44 bits per heavy atom. The first kappa shape index (κ1) is 18.9. The van der Waals surface area contributed by atoms with E-state index in [1.54, 1.807) is 20.8 Å². The Morgan fingerprint density at radius 2 is 2.08 bits per heavy atom. The molecular formula is C19H21FO5. The molecule has 0 unspecified atom stereocenters. The van der Waals surface area contributed by atoms with Crippen molar-refractivity contribution < 1.29 is 28.2 Å². The van der Waals surface area contributed by atoms with Crippen molar-refractivity contribution in [1.29, 1.82) is 0 Å². The topological polar surface area (TPSA) is 69.7 Å². The summed E-state index contributed by atoms with van der Waals surface area (Å²) in [5, 5.41) is 0. The van der Waals surface area contributed by atoms with Crippen molar-refractivity contribution in [2.24, 2.45) is 17.3 Å². The fraction of sp³-hybridized carbons (Fsp3) is 0.526. The van der Waals surface area contributed by atoms with E-state index in [2.05, 4.69) is 10.7 Å². The first-order chi connectivity index (χ1) is 11.6. The summed E-state index contributed by atoms with van der Waals surface area (Å²) in [7, 11) is 1.08. The number of methoxy groups -OCH3 is 1. The molecule has 0 aliphatic heterocycles. The highest BCUT2D eigenvalue weighted by Gasteiger charge is 2.62. The van der Waals surface area contributed by atoms with Gasteiger partial charge in [0.05, 0.1) is 19.4 Å². The van der Waals surface area contributed by atoms with Gasteiger partial charge in [-0.05, 0) is 29.9 Å². The summed E-state index contributed by atoms with van der Waals surface area (Å²) in [5.74, 6) is -1.35. The Labute approximate surface area is 146 Å². The van der Waals surface area contributed by atoms with Crippen molar-refractivity contribution >= 4 is 17.7 Å². The van der Waals surface area contributed by atoms with Crippen LogP contribution in [-0.4, -0.2) is 30.9 Å². The molecule has 0 amide bonds. The van der Waals surface area contributed by atoms with Crippen molar-refractivity contribution in [2.45, 2.75) is 39.7 Å². The van der Waals surface area contributed by atoms with Crippen LogP contribution in [-0.2, 0) is 23.9 Å². The minimum absolute atomic E-state index is 0.0821. The number of allylic oxidation sites excluding steroid dienone is 2. The minimum Gasteiger partial charge on any atom is -0.464 e. The molecule has 2 aliphatic carbocycles. The largest absolute Gasteiger partial charge is 0.464 e. The summed E-state index contributed by atoms with van der Waals surface area (Å²) in [4.78, 5) is 35.6. The predicted octanol–water partition coefficient (Wildman–Crippen LogP) is 2.51. The Balaban J connectivity index is 2.09. The number of ketones is 1. The molecule has 0 spiro atoms. The second-order valence-electron chi connectivity index (χ2n) is 6.93. The van der Waals surface area contributed by atoms with Gasteiger partial charge in [-0.15, -0.1) is 12.3 Å². The molecule has 0 heterocycles. The lowest BCUT2D eigenvalue weighted by molar-refractivity contribution is -0.150. The molecule has 0 N–H and O–H groups in total. The van der Waals surface area contributed by atoms with E-state index in [-0.39, 0.29) is 18.6 Å². The number of hydrogen-bond donors (Lipinski definition) is 0. The number of ether oxygens (including phenoxy) is 2. The molecule has 0 bridgehead atoms. The third-order valence-corrected chi connectivity index (χ3v) is 5.07. The average Bonchev–Trinajstić information content (AvgIpc) is 2.99. The zero-order valence-corrected chi connectivity index (χ0v) is 14.7. The third kappa shape index (κ3) is 3.51. The molecule has 5 nitrogen and oxygen atoms in total. The normalized spacial score (nSPS) is 27.8. The van der Waals surface area contributed by atoms with Crippen LogP contribution in [0.4, 0.5) is 4.39 Å². The van der Waals surface area contributed by atoms with Gasteiger partial charge in [-0.25, -0.2) is 4.79 Å². The van der Waals surface area contributed by atoms with Gasteiger partial charge in [0.2, 0.25) is 5.83 Å². The van der Waals surface area contributed by atoms with Gasteiger partial charge in [0.15, 0.2) is 5.78 Å². The van der Waals surface area contributed by atoms with E-state index in [1.807, 2.05) is 0 Å². The van der Waals surface area contributed by atoms with E-state index in [4.69, 9.17) is 11.2 Å². The van der Waals surface area contributed by atoms with Crippen LogP contribution in [0, 0.1) is 29.6 Å². The van der Waals surface area contributed by atoms with Crippen molar-refractivity contribution in [3.05, 3.63) is 23.0 Å². The lowest BCUT2D eigenvalue weighted by atomic mass is 10.1. The van der Waals surface area contributed by atoms with Gasteiger partial charge in [0.25, 0.3) is 0 Å². The van der Waals surface area contributed by atoms with E-state index < -0.39 is 41.1 Å². The Kier molecular flexibility index (Phi) is 5.17. The molecule has 0 aromatic heterocycles. The van der Waals surface area contributed by atoms with Gasteiger partial charge in [-0.2, -0.15) is 4.39 Å². The number of terminal acetylenes is 1. The van der Waals surface area contributed by atoms with Gasteiger partial charge >= 0.3 is 11.9 Å². The third-order valence-electron chi connectivity index (χ3n) is 5.07. The first-order valence-electron chi connectivity index (χ1n) is 7.97. The summed E-state index contributed by atoms with van der Waals surface area (Å²) in [6.07, 6.45) is 6.01. The second kappa shape index (κ2) is 6.83. The number of carbonyl (C=O) groups excluding carboxylic acids is 3. The van der Waals surface area contributed by atoms with Gasteiger partial charge in [0.1, 0.15) is 6.10 Å². The fourth-order valence-electron chi connectivity index (χ4n) is 3.30. The Morgan fingerprint density at radius 3 is 2.64 bits per heavy atom. The predicted molar refractivity (Wildman–Crippen MR) is 87.6 cm³/mol. The van der Waals surface area contributed by atoms with Crippen molar-refractivity contribution in [2.75, 3.05) is 7.11 Å². The summed E-state index contributed by atoms with van der Waals surface area (Å²) in [6.45, 7) is 5.30. The smallest absolute Gasteiger partial charge is 0.366 e. The molecular weight excluding hydrogens is 327 g/mol. The molecule has 0 saturated heterocycles. The fourth-order valence-corrected chi connectivity index (χ4v) is 3.30. The summed E-state index contributed by atoms with van der Waals surface area (Å²) >= 11 is 0. The quantitative estimate of drug-likeness (QED) is 0.434. The number of esters is 2. The maximum absolute atomic E-state index is 13.7. The molecule has 1 fully saturated rings. The number of carbonyl (C=O) groups is 3. The highest BCUT2D eigenvalue weighted by atomic mass is 19.1.